The summed E-state index contributed by atoms with van der Waals surface area (Å²) < 4.78 is 30.4. The highest BCUT2D eigenvalue weighted by atomic mass is 32.2. The molecule has 3 heterocycles. The number of anilines is 1. The Bertz CT molecular complexity index is 1340. The number of benzene rings is 1. The third-order valence-electron chi connectivity index (χ3n) is 9.72. The highest BCUT2D eigenvalue weighted by Gasteiger charge is 2.54. The Hall–Kier alpha value is -2.45. The van der Waals surface area contributed by atoms with Gasteiger partial charge >= 0.3 is 0 Å². The highest BCUT2D eigenvalue weighted by molar-refractivity contribution is 7.89. The standard InChI is InChI=1S/C28H33N3O4S/c32-26-3-1-2-25-22-11-21(16-31(25)26)15-30(17-22)36(34,35)24-6-4-23(5-7-24)29-27(33)28-12-18-8-19(13-28)10-20(9-18)14-28/h1-7,18-22H,8-17H2,(H,29,33)/t18?,19?,20?,21-,22-,28?/m0/s1. The summed E-state index contributed by atoms with van der Waals surface area (Å²) in [5, 5.41) is 3.13. The number of nitrogens with zero attached hydrogens (tertiary/aromatic N) is 2. The van der Waals surface area contributed by atoms with E-state index in [2.05, 4.69) is 5.32 Å². The van der Waals surface area contributed by atoms with Gasteiger partial charge in [-0.3, -0.25) is 9.59 Å². The lowest BCUT2D eigenvalue weighted by Gasteiger charge is -2.55. The van der Waals surface area contributed by atoms with Gasteiger partial charge in [-0.1, -0.05) is 6.07 Å². The van der Waals surface area contributed by atoms with E-state index in [4.69, 9.17) is 0 Å². The molecule has 4 saturated carbocycles. The Kier molecular flexibility index (Phi) is 5.06. The topological polar surface area (TPSA) is 88.5 Å². The number of sulfonamides is 1. The number of piperidine rings is 1. The van der Waals surface area contributed by atoms with E-state index < -0.39 is 10.0 Å². The van der Waals surface area contributed by atoms with E-state index in [1.165, 1.54) is 19.3 Å². The zero-order valence-electron chi connectivity index (χ0n) is 20.4. The van der Waals surface area contributed by atoms with Crippen LogP contribution < -0.4 is 10.9 Å². The second kappa shape index (κ2) is 8.02. The van der Waals surface area contributed by atoms with Gasteiger partial charge in [0.15, 0.2) is 0 Å². The summed E-state index contributed by atoms with van der Waals surface area (Å²) in [4.78, 5) is 25.9. The molecule has 4 aliphatic carbocycles. The number of hydrogen-bond acceptors (Lipinski definition) is 4. The molecule has 2 aliphatic heterocycles. The van der Waals surface area contributed by atoms with Crippen LogP contribution in [0.15, 0.2) is 52.2 Å². The molecular weight excluding hydrogens is 474 g/mol. The molecule has 1 amide bonds. The first-order valence-electron chi connectivity index (χ1n) is 13.4. The van der Waals surface area contributed by atoms with Crippen molar-refractivity contribution < 1.29 is 13.2 Å². The number of hydrogen-bond donors (Lipinski definition) is 1. The number of pyridine rings is 1. The first kappa shape index (κ1) is 22.7. The van der Waals surface area contributed by atoms with Crippen LogP contribution in [-0.4, -0.2) is 36.3 Å². The van der Waals surface area contributed by atoms with Crippen molar-refractivity contribution in [1.82, 2.24) is 8.87 Å². The van der Waals surface area contributed by atoms with Gasteiger partial charge in [0, 0.05) is 43.0 Å². The molecule has 2 atom stereocenters. The van der Waals surface area contributed by atoms with E-state index in [9.17, 15) is 18.0 Å². The third kappa shape index (κ3) is 3.59. The lowest BCUT2D eigenvalue weighted by Crippen LogP contribution is -2.51. The molecule has 6 aliphatic rings. The molecule has 6 bridgehead atoms. The van der Waals surface area contributed by atoms with Crippen molar-refractivity contribution in [2.75, 3.05) is 18.4 Å². The Morgan fingerprint density at radius 3 is 2.17 bits per heavy atom. The van der Waals surface area contributed by atoms with E-state index >= 15 is 0 Å². The fraction of sp³-hybridized carbons (Fsp3) is 0.571. The largest absolute Gasteiger partial charge is 0.326 e. The predicted molar refractivity (Wildman–Crippen MR) is 136 cm³/mol. The van der Waals surface area contributed by atoms with E-state index in [1.54, 1.807) is 40.7 Å². The molecule has 8 heteroatoms. The summed E-state index contributed by atoms with van der Waals surface area (Å²) >= 11 is 0. The molecule has 36 heavy (non-hydrogen) atoms. The Morgan fingerprint density at radius 2 is 1.50 bits per heavy atom. The fourth-order valence-electron chi connectivity index (χ4n) is 8.56. The van der Waals surface area contributed by atoms with Gasteiger partial charge in [-0.25, -0.2) is 8.42 Å². The van der Waals surface area contributed by atoms with Crippen LogP contribution in [0.1, 0.15) is 56.6 Å². The lowest BCUT2D eigenvalue weighted by atomic mass is 9.49. The maximum Gasteiger partial charge on any atom is 0.250 e. The van der Waals surface area contributed by atoms with Crippen LogP contribution >= 0.6 is 0 Å². The second-order valence-corrected chi connectivity index (χ2v) is 14.1. The van der Waals surface area contributed by atoms with Crippen LogP contribution in [0.25, 0.3) is 0 Å². The molecule has 1 aromatic heterocycles. The summed E-state index contributed by atoms with van der Waals surface area (Å²) in [6.45, 7) is 1.36. The summed E-state index contributed by atoms with van der Waals surface area (Å²) in [5.41, 5.74) is 1.35. The Labute approximate surface area is 211 Å². The van der Waals surface area contributed by atoms with Gasteiger partial charge < -0.3 is 9.88 Å². The van der Waals surface area contributed by atoms with E-state index in [0.717, 1.165) is 31.4 Å². The minimum absolute atomic E-state index is 0.00955. The van der Waals surface area contributed by atoms with Crippen LogP contribution in [0.5, 0.6) is 0 Å². The average molecular weight is 508 g/mol. The monoisotopic (exact) mass is 507 g/mol. The molecule has 1 aromatic carbocycles. The molecule has 1 saturated heterocycles. The van der Waals surface area contributed by atoms with Crippen LogP contribution in [0.3, 0.4) is 0 Å². The van der Waals surface area contributed by atoms with Gasteiger partial charge in [-0.15, -0.1) is 0 Å². The zero-order valence-corrected chi connectivity index (χ0v) is 21.3. The minimum atomic E-state index is -3.67. The normalized spacial score (nSPS) is 34.8. The van der Waals surface area contributed by atoms with Crippen molar-refractivity contribution in [1.29, 1.82) is 0 Å². The molecule has 190 valence electrons. The summed E-state index contributed by atoms with van der Waals surface area (Å²) in [5.74, 6) is 2.37. The minimum Gasteiger partial charge on any atom is -0.326 e. The number of nitrogens with one attached hydrogen (secondary N) is 1. The van der Waals surface area contributed by atoms with Gasteiger partial charge in [0.1, 0.15) is 0 Å². The van der Waals surface area contributed by atoms with Gasteiger partial charge in [-0.05, 0) is 98.9 Å². The highest BCUT2D eigenvalue weighted by Crippen LogP contribution is 2.60. The number of carbonyl (C=O) groups excluding carboxylic acids is 1. The first-order chi connectivity index (χ1) is 17.3. The van der Waals surface area contributed by atoms with E-state index in [-0.39, 0.29) is 33.6 Å². The van der Waals surface area contributed by atoms with Gasteiger partial charge in [-0.2, -0.15) is 4.31 Å². The van der Waals surface area contributed by atoms with Crippen LogP contribution in [0.2, 0.25) is 0 Å². The number of carbonyl (C=O) groups is 1. The molecule has 1 N–H and O–H groups in total. The Balaban J connectivity index is 1.07. The van der Waals surface area contributed by atoms with Crippen LogP contribution in [0, 0.1) is 29.1 Å². The zero-order chi connectivity index (χ0) is 24.7. The maximum atomic E-state index is 13.5. The average Bonchev–Trinajstić information content (AvgIpc) is 2.84. The predicted octanol–water partition coefficient (Wildman–Crippen LogP) is 3.81. The van der Waals surface area contributed by atoms with Gasteiger partial charge in [0.05, 0.1) is 10.3 Å². The summed E-state index contributed by atoms with van der Waals surface area (Å²) in [6.07, 6.45) is 7.79. The second-order valence-electron chi connectivity index (χ2n) is 12.2. The lowest BCUT2D eigenvalue weighted by molar-refractivity contribution is -0.140. The van der Waals surface area contributed by atoms with Gasteiger partial charge in [0.25, 0.3) is 5.56 Å². The number of aromatic nitrogens is 1. The molecule has 0 unspecified atom stereocenters. The van der Waals surface area contributed by atoms with Crippen molar-refractivity contribution >= 4 is 21.6 Å². The smallest absolute Gasteiger partial charge is 0.250 e. The Morgan fingerprint density at radius 1 is 0.833 bits per heavy atom. The maximum absolute atomic E-state index is 13.5. The number of fused-ring (bicyclic) bond motifs is 4. The van der Waals surface area contributed by atoms with Crippen LogP contribution in [0.4, 0.5) is 5.69 Å². The quantitative estimate of drug-likeness (QED) is 0.682. The van der Waals surface area contributed by atoms with Crippen molar-refractivity contribution in [2.24, 2.45) is 29.1 Å². The van der Waals surface area contributed by atoms with Gasteiger partial charge in [0.2, 0.25) is 15.9 Å². The molecule has 2 aromatic rings. The summed E-state index contributed by atoms with van der Waals surface area (Å²) in [6, 6.07) is 12.0. The number of amides is 1. The van der Waals surface area contributed by atoms with Crippen molar-refractivity contribution in [2.45, 2.75) is 62.3 Å². The van der Waals surface area contributed by atoms with E-state index in [0.29, 0.717) is 43.1 Å². The van der Waals surface area contributed by atoms with E-state index in [1.807, 2.05) is 10.6 Å². The SMILES string of the molecule is O=C(Nc1ccc(S(=O)(=O)N2C[C@@H]3C[C@@H](C2)c2cccc(=O)n2C3)cc1)C12CC3CC(CC(C3)C1)C2. The number of rotatable bonds is 4. The third-order valence-corrected chi connectivity index (χ3v) is 11.6. The molecule has 0 radical (unpaired) electrons. The fourth-order valence-corrected chi connectivity index (χ4v) is 10.1. The van der Waals surface area contributed by atoms with Crippen molar-refractivity contribution in [3.63, 3.8) is 0 Å². The van der Waals surface area contributed by atoms with Crippen LogP contribution in [-0.2, 0) is 21.4 Å². The molecule has 7 nitrogen and oxygen atoms in total. The van der Waals surface area contributed by atoms with Crippen molar-refractivity contribution in [3.8, 4) is 0 Å². The first-order valence-corrected chi connectivity index (χ1v) is 14.8. The van der Waals surface area contributed by atoms with Crippen molar-refractivity contribution in [3.05, 3.63) is 58.5 Å². The molecule has 5 fully saturated rings. The molecular formula is C28H33N3O4S. The molecule has 0 spiro atoms. The molecule has 8 rings (SSSR count). The summed E-state index contributed by atoms with van der Waals surface area (Å²) in [7, 11) is -3.67.